The zero-order valence-electron chi connectivity index (χ0n) is 18.6. The maximum atomic E-state index is 13.0. The van der Waals surface area contributed by atoms with E-state index in [2.05, 4.69) is 10.6 Å². The Morgan fingerprint density at radius 1 is 0.868 bits per heavy atom. The zero-order chi connectivity index (χ0) is 28.0. The highest BCUT2D eigenvalue weighted by molar-refractivity contribution is 7.92. The summed E-state index contributed by atoms with van der Waals surface area (Å²) in [5.74, 6) is -2.63. The summed E-state index contributed by atoms with van der Waals surface area (Å²) in [7, 11) is 0. The van der Waals surface area contributed by atoms with Crippen molar-refractivity contribution in [3.63, 3.8) is 0 Å². The maximum Gasteiger partial charge on any atom is 0.578 e. The molecular formula is C24H14Cl5F3N2O3S. The summed E-state index contributed by atoms with van der Waals surface area (Å²) in [6.07, 6.45) is 0. The summed E-state index contributed by atoms with van der Waals surface area (Å²) in [6, 6.07) is 13.3. The van der Waals surface area contributed by atoms with Gasteiger partial charge in [0, 0.05) is 27.3 Å². The molecule has 200 valence electrons. The van der Waals surface area contributed by atoms with Gasteiger partial charge in [-0.05, 0) is 66.2 Å². The van der Waals surface area contributed by atoms with Crippen molar-refractivity contribution in [2.24, 2.45) is 5.92 Å². The van der Waals surface area contributed by atoms with Gasteiger partial charge in [-0.2, -0.15) is 0 Å². The molecule has 2 N–H and O–H groups in total. The van der Waals surface area contributed by atoms with Crippen molar-refractivity contribution in [3.05, 3.63) is 86.9 Å². The number of halogens is 8. The lowest BCUT2D eigenvalue weighted by Crippen LogP contribution is -2.23. The smallest absolute Gasteiger partial charge is 0.578 e. The monoisotopic (exact) mass is 642 g/mol. The molecule has 0 radical (unpaired) electrons. The Morgan fingerprint density at radius 2 is 1.45 bits per heavy atom. The molecule has 0 spiro atoms. The summed E-state index contributed by atoms with van der Waals surface area (Å²) in [5, 5.41) is 5.92. The third-order valence-electron chi connectivity index (χ3n) is 5.60. The van der Waals surface area contributed by atoms with Gasteiger partial charge in [-0.15, -0.1) is 36.4 Å². The van der Waals surface area contributed by atoms with Crippen LogP contribution in [0.15, 0.2) is 65.6 Å². The predicted molar refractivity (Wildman–Crippen MR) is 144 cm³/mol. The van der Waals surface area contributed by atoms with Crippen LogP contribution in [0.25, 0.3) is 0 Å². The molecule has 0 bridgehead atoms. The van der Waals surface area contributed by atoms with Crippen LogP contribution in [-0.4, -0.2) is 26.2 Å². The van der Waals surface area contributed by atoms with Crippen LogP contribution in [0.3, 0.4) is 0 Å². The molecule has 1 aliphatic rings. The van der Waals surface area contributed by atoms with Gasteiger partial charge in [-0.1, -0.05) is 34.8 Å². The summed E-state index contributed by atoms with van der Waals surface area (Å²) < 4.78 is 47.9. The second-order valence-electron chi connectivity index (χ2n) is 8.21. The van der Waals surface area contributed by atoms with Crippen molar-refractivity contribution < 1.29 is 27.3 Å². The fraction of sp³-hybridized carbons (Fsp3) is 0.167. The summed E-state index contributed by atoms with van der Waals surface area (Å²) in [6.45, 7) is 0. The van der Waals surface area contributed by atoms with E-state index in [0.29, 0.717) is 15.6 Å². The predicted octanol–water partition coefficient (Wildman–Crippen LogP) is 8.05. The molecule has 0 aliphatic heterocycles. The largest absolute Gasteiger partial charge is 0.604 e. The lowest BCUT2D eigenvalue weighted by molar-refractivity contribution is -0.117. The molecular weight excluding hydrogens is 631 g/mol. The first-order chi connectivity index (χ1) is 17.7. The number of anilines is 2. The summed E-state index contributed by atoms with van der Waals surface area (Å²) >= 11 is 27.8. The molecule has 1 aliphatic carbocycles. The zero-order valence-corrected chi connectivity index (χ0v) is 23.2. The van der Waals surface area contributed by atoms with E-state index in [1.165, 1.54) is 36.4 Å². The number of carbonyl (C=O) groups excluding carboxylic acids is 2. The minimum atomic E-state index is -4.91. The first-order valence-electron chi connectivity index (χ1n) is 10.5. The molecule has 5 nitrogen and oxygen atoms in total. The van der Waals surface area contributed by atoms with Crippen LogP contribution in [0.1, 0.15) is 21.8 Å². The third kappa shape index (κ3) is 6.31. The summed E-state index contributed by atoms with van der Waals surface area (Å²) in [4.78, 5) is 25.3. The molecule has 0 heterocycles. The quantitative estimate of drug-likeness (QED) is 0.211. The van der Waals surface area contributed by atoms with Gasteiger partial charge in [0.15, 0.2) is 4.90 Å². The Balaban J connectivity index is 1.46. The van der Waals surface area contributed by atoms with Crippen LogP contribution >= 0.6 is 58.0 Å². The Labute approximate surface area is 242 Å². The van der Waals surface area contributed by atoms with Gasteiger partial charge in [-0.3, -0.25) is 9.59 Å². The minimum Gasteiger partial charge on any atom is -0.604 e. The highest BCUT2D eigenvalue weighted by Crippen LogP contribution is 2.65. The highest BCUT2D eigenvalue weighted by atomic mass is 35.5. The van der Waals surface area contributed by atoms with Crippen LogP contribution in [-0.2, 0) is 16.0 Å². The van der Waals surface area contributed by atoms with Gasteiger partial charge >= 0.3 is 5.51 Å². The molecule has 0 saturated heterocycles. The van der Waals surface area contributed by atoms with Crippen molar-refractivity contribution >= 4 is 92.4 Å². The van der Waals surface area contributed by atoms with Crippen LogP contribution in [0.5, 0.6) is 0 Å². The van der Waals surface area contributed by atoms with E-state index in [0.717, 1.165) is 12.1 Å². The molecule has 2 amide bonds. The number of amides is 2. The first kappa shape index (κ1) is 29.1. The molecule has 3 aromatic rings. The molecule has 14 heteroatoms. The number of hydrogen-bond donors (Lipinski definition) is 2. The first-order valence-corrected chi connectivity index (χ1v) is 13.6. The van der Waals surface area contributed by atoms with Crippen molar-refractivity contribution in [1.29, 1.82) is 0 Å². The van der Waals surface area contributed by atoms with Gasteiger partial charge in [0.1, 0.15) is 4.33 Å². The van der Waals surface area contributed by atoms with E-state index in [-0.39, 0.29) is 22.0 Å². The van der Waals surface area contributed by atoms with Crippen molar-refractivity contribution in [2.45, 2.75) is 20.7 Å². The highest BCUT2D eigenvalue weighted by Gasteiger charge is 2.67. The van der Waals surface area contributed by atoms with E-state index in [1.54, 1.807) is 12.1 Å². The number of rotatable bonds is 6. The molecule has 4 rings (SSSR count). The van der Waals surface area contributed by atoms with Gasteiger partial charge in [0.25, 0.3) is 5.91 Å². The second-order valence-corrected chi connectivity index (χ2v) is 12.4. The minimum absolute atomic E-state index is 0.0237. The Hall–Kier alpha value is -1.85. The standard InChI is InChI=1S/C24H14Cl5F3N2O3S/c25-12-7-11(8-13(26)9-12)19-20(23(19,28)29)22(36)34-15-3-6-18(27)17(10-15)21(35)33-14-1-4-16(5-2-14)38(37)24(30,31)32/h1-10,19-20H,(H,33,35)(H,34,36)/t19-,20+,38?/m0/s1. The van der Waals surface area contributed by atoms with Crippen LogP contribution in [0.2, 0.25) is 15.1 Å². The van der Waals surface area contributed by atoms with Crippen LogP contribution in [0.4, 0.5) is 24.5 Å². The van der Waals surface area contributed by atoms with Crippen molar-refractivity contribution in [3.8, 4) is 0 Å². The van der Waals surface area contributed by atoms with Gasteiger partial charge in [-0.25, -0.2) is 0 Å². The average Bonchev–Trinajstić information content (AvgIpc) is 3.41. The normalized spacial score (nSPS) is 19.0. The average molecular weight is 645 g/mol. The fourth-order valence-electron chi connectivity index (χ4n) is 3.81. The van der Waals surface area contributed by atoms with Gasteiger partial charge in [0.05, 0.1) is 27.7 Å². The molecule has 38 heavy (non-hydrogen) atoms. The molecule has 1 saturated carbocycles. The lowest BCUT2D eigenvalue weighted by Gasteiger charge is -2.13. The Morgan fingerprint density at radius 3 is 2.03 bits per heavy atom. The van der Waals surface area contributed by atoms with Crippen LogP contribution < -0.4 is 10.6 Å². The van der Waals surface area contributed by atoms with E-state index in [1.807, 2.05) is 0 Å². The third-order valence-corrected chi connectivity index (χ3v) is 8.42. The number of nitrogens with one attached hydrogen (secondary N) is 2. The lowest BCUT2D eigenvalue weighted by atomic mass is 10.1. The SMILES string of the molecule is O=C(Nc1ccc([S+]([O-])C(F)(F)F)cc1)c1cc(NC(=O)[C@H]2[C@H](c3cc(Cl)cc(Cl)c3)C2(Cl)Cl)ccc1Cl. The van der Waals surface area contributed by atoms with Crippen LogP contribution in [0, 0.1) is 5.92 Å². The van der Waals surface area contributed by atoms with Gasteiger partial charge in [0.2, 0.25) is 5.91 Å². The number of benzene rings is 3. The molecule has 1 fully saturated rings. The number of hydrogen-bond acceptors (Lipinski definition) is 3. The molecule has 1 unspecified atom stereocenters. The molecule has 0 aromatic heterocycles. The topological polar surface area (TPSA) is 81.3 Å². The van der Waals surface area contributed by atoms with E-state index >= 15 is 0 Å². The van der Waals surface area contributed by atoms with E-state index < -0.39 is 49.6 Å². The number of alkyl halides is 5. The molecule has 3 aromatic carbocycles. The summed E-state index contributed by atoms with van der Waals surface area (Å²) in [5.41, 5.74) is -3.98. The van der Waals surface area contributed by atoms with Gasteiger partial charge < -0.3 is 15.2 Å². The van der Waals surface area contributed by atoms with Crippen molar-refractivity contribution in [2.75, 3.05) is 10.6 Å². The fourth-order valence-corrected chi connectivity index (χ4v) is 6.04. The maximum absolute atomic E-state index is 13.0. The Bertz CT molecular complexity index is 1390. The second kappa shape index (κ2) is 11.0. The van der Waals surface area contributed by atoms with E-state index in [9.17, 15) is 27.3 Å². The number of carbonyl (C=O) groups is 2. The van der Waals surface area contributed by atoms with E-state index in [4.69, 9.17) is 58.0 Å². The molecule has 3 atom stereocenters. The van der Waals surface area contributed by atoms with Crippen molar-refractivity contribution in [1.82, 2.24) is 0 Å². The Kier molecular flexibility index (Phi) is 8.41.